The third kappa shape index (κ3) is 4.44. The maximum absolute atomic E-state index is 12.1. The number of carbonyl (C=O) groups excluding carboxylic acids is 1. The van der Waals surface area contributed by atoms with E-state index in [4.69, 9.17) is 9.15 Å². The summed E-state index contributed by atoms with van der Waals surface area (Å²) >= 11 is 0. The molecule has 1 aromatic carbocycles. The first kappa shape index (κ1) is 15.3. The SMILES string of the molecule is COCc1ccc(C(=O)Nc2cccc(CN(C)C)c2)o1. The van der Waals surface area contributed by atoms with Crippen molar-refractivity contribution in [1.82, 2.24) is 4.90 Å². The summed E-state index contributed by atoms with van der Waals surface area (Å²) in [4.78, 5) is 14.2. The molecule has 112 valence electrons. The van der Waals surface area contributed by atoms with Gasteiger partial charge in [-0.3, -0.25) is 4.79 Å². The molecule has 0 unspecified atom stereocenters. The molecule has 5 heteroatoms. The second-order valence-electron chi connectivity index (χ2n) is 5.09. The first-order chi connectivity index (χ1) is 10.1. The topological polar surface area (TPSA) is 54.7 Å². The molecule has 0 bridgehead atoms. The van der Waals surface area contributed by atoms with Crippen LogP contribution in [-0.4, -0.2) is 32.0 Å². The van der Waals surface area contributed by atoms with Crippen LogP contribution in [-0.2, 0) is 17.9 Å². The number of furan rings is 1. The first-order valence-corrected chi connectivity index (χ1v) is 6.71. The van der Waals surface area contributed by atoms with E-state index in [1.165, 1.54) is 0 Å². The second kappa shape index (κ2) is 7.06. The van der Waals surface area contributed by atoms with Gasteiger partial charge < -0.3 is 19.4 Å². The van der Waals surface area contributed by atoms with Crippen LogP contribution in [0.3, 0.4) is 0 Å². The fraction of sp³-hybridized carbons (Fsp3) is 0.312. The minimum Gasteiger partial charge on any atom is -0.453 e. The highest BCUT2D eigenvalue weighted by molar-refractivity contribution is 6.02. The highest BCUT2D eigenvalue weighted by Gasteiger charge is 2.11. The average molecular weight is 288 g/mol. The van der Waals surface area contributed by atoms with Gasteiger partial charge in [0.05, 0.1) is 0 Å². The highest BCUT2D eigenvalue weighted by atomic mass is 16.5. The molecule has 0 fully saturated rings. The Balaban J connectivity index is 2.04. The third-order valence-corrected chi connectivity index (χ3v) is 2.86. The molecular formula is C16H20N2O3. The lowest BCUT2D eigenvalue weighted by Gasteiger charge is -2.11. The zero-order chi connectivity index (χ0) is 15.2. The molecule has 0 radical (unpaired) electrons. The van der Waals surface area contributed by atoms with Crippen LogP contribution in [0.4, 0.5) is 5.69 Å². The molecule has 1 amide bonds. The Morgan fingerprint density at radius 1 is 1.29 bits per heavy atom. The smallest absolute Gasteiger partial charge is 0.291 e. The molecule has 2 aromatic rings. The number of carbonyl (C=O) groups is 1. The number of benzene rings is 1. The van der Waals surface area contributed by atoms with Gasteiger partial charge in [0.15, 0.2) is 5.76 Å². The van der Waals surface area contributed by atoms with Crippen molar-refractivity contribution < 1.29 is 13.9 Å². The summed E-state index contributed by atoms with van der Waals surface area (Å²) < 4.78 is 10.4. The third-order valence-electron chi connectivity index (χ3n) is 2.86. The van der Waals surface area contributed by atoms with Crippen LogP contribution in [0.1, 0.15) is 21.9 Å². The molecule has 0 aliphatic carbocycles. The second-order valence-corrected chi connectivity index (χ2v) is 5.09. The van der Waals surface area contributed by atoms with Gasteiger partial charge in [-0.25, -0.2) is 0 Å². The minimum absolute atomic E-state index is 0.264. The van der Waals surface area contributed by atoms with Gasteiger partial charge in [0.2, 0.25) is 0 Å². The van der Waals surface area contributed by atoms with Gasteiger partial charge in [-0.1, -0.05) is 12.1 Å². The predicted octanol–water partition coefficient (Wildman–Crippen LogP) is 2.74. The standard InChI is InChI=1S/C16H20N2O3/c1-18(2)10-12-5-4-6-13(9-12)17-16(19)15-8-7-14(21-15)11-20-3/h4-9H,10-11H2,1-3H3,(H,17,19). The largest absolute Gasteiger partial charge is 0.453 e. The number of methoxy groups -OCH3 is 1. The fourth-order valence-corrected chi connectivity index (χ4v) is 2.03. The van der Waals surface area contributed by atoms with Gasteiger partial charge in [-0.2, -0.15) is 0 Å². The van der Waals surface area contributed by atoms with Crippen molar-refractivity contribution in [3.63, 3.8) is 0 Å². The zero-order valence-corrected chi connectivity index (χ0v) is 12.6. The van der Waals surface area contributed by atoms with Crippen molar-refractivity contribution in [2.45, 2.75) is 13.2 Å². The Bertz CT molecular complexity index is 605. The number of rotatable bonds is 6. The van der Waals surface area contributed by atoms with Crippen LogP contribution < -0.4 is 5.32 Å². The highest BCUT2D eigenvalue weighted by Crippen LogP contribution is 2.15. The molecule has 0 saturated heterocycles. The number of amides is 1. The Morgan fingerprint density at radius 2 is 2.10 bits per heavy atom. The maximum Gasteiger partial charge on any atom is 0.291 e. The van der Waals surface area contributed by atoms with Crippen molar-refractivity contribution >= 4 is 11.6 Å². The summed E-state index contributed by atoms with van der Waals surface area (Å²) in [6, 6.07) is 11.1. The molecule has 0 spiro atoms. The monoisotopic (exact) mass is 288 g/mol. The van der Waals surface area contributed by atoms with Crippen LogP contribution >= 0.6 is 0 Å². The molecule has 21 heavy (non-hydrogen) atoms. The number of hydrogen-bond donors (Lipinski definition) is 1. The quantitative estimate of drug-likeness (QED) is 0.888. The van der Waals surface area contributed by atoms with Crippen molar-refractivity contribution in [3.8, 4) is 0 Å². The lowest BCUT2D eigenvalue weighted by molar-refractivity contribution is 0.0987. The van der Waals surface area contributed by atoms with E-state index in [1.54, 1.807) is 19.2 Å². The van der Waals surface area contributed by atoms with E-state index in [-0.39, 0.29) is 11.7 Å². The van der Waals surface area contributed by atoms with Gasteiger partial charge >= 0.3 is 0 Å². The van der Waals surface area contributed by atoms with Gasteiger partial charge in [0.1, 0.15) is 12.4 Å². The summed E-state index contributed by atoms with van der Waals surface area (Å²) in [5.41, 5.74) is 1.89. The maximum atomic E-state index is 12.1. The predicted molar refractivity (Wildman–Crippen MR) is 81.2 cm³/mol. The summed E-state index contributed by atoms with van der Waals surface area (Å²) in [5.74, 6) is 0.642. The molecule has 2 rings (SSSR count). The van der Waals surface area contributed by atoms with E-state index in [0.717, 1.165) is 17.8 Å². The van der Waals surface area contributed by atoms with E-state index in [1.807, 2.05) is 38.4 Å². The molecule has 5 nitrogen and oxygen atoms in total. The van der Waals surface area contributed by atoms with Gasteiger partial charge in [-0.05, 0) is 43.9 Å². The average Bonchev–Trinajstić information content (AvgIpc) is 2.87. The Kier molecular flexibility index (Phi) is 5.14. The molecule has 1 aromatic heterocycles. The summed E-state index contributed by atoms with van der Waals surface area (Å²) in [6.45, 7) is 1.17. The number of anilines is 1. The molecule has 0 aliphatic rings. The van der Waals surface area contributed by atoms with Crippen LogP contribution in [0.2, 0.25) is 0 Å². The van der Waals surface area contributed by atoms with E-state index < -0.39 is 0 Å². The fourth-order valence-electron chi connectivity index (χ4n) is 2.03. The van der Waals surface area contributed by atoms with Gasteiger partial charge in [0.25, 0.3) is 5.91 Å². The molecule has 0 aliphatic heterocycles. The van der Waals surface area contributed by atoms with Crippen LogP contribution in [0.5, 0.6) is 0 Å². The van der Waals surface area contributed by atoms with E-state index in [0.29, 0.717) is 12.4 Å². The summed E-state index contributed by atoms with van der Waals surface area (Å²) in [5, 5.41) is 2.84. The van der Waals surface area contributed by atoms with Crippen LogP contribution in [0.25, 0.3) is 0 Å². The molecule has 1 N–H and O–H groups in total. The summed E-state index contributed by atoms with van der Waals surface area (Å²) in [6.07, 6.45) is 0. The normalized spacial score (nSPS) is 10.9. The Hall–Kier alpha value is -2.11. The van der Waals surface area contributed by atoms with Crippen LogP contribution in [0, 0.1) is 0 Å². The summed E-state index contributed by atoms with van der Waals surface area (Å²) in [7, 11) is 5.59. The molecule has 1 heterocycles. The Labute approximate surface area is 124 Å². The van der Waals surface area contributed by atoms with Gasteiger partial charge in [0, 0.05) is 19.3 Å². The van der Waals surface area contributed by atoms with E-state index in [2.05, 4.69) is 10.2 Å². The van der Waals surface area contributed by atoms with E-state index in [9.17, 15) is 4.79 Å². The van der Waals surface area contributed by atoms with E-state index >= 15 is 0 Å². The first-order valence-electron chi connectivity index (χ1n) is 6.71. The van der Waals surface area contributed by atoms with Crippen molar-refractivity contribution in [2.75, 3.05) is 26.5 Å². The number of nitrogens with one attached hydrogen (secondary N) is 1. The Morgan fingerprint density at radius 3 is 2.81 bits per heavy atom. The number of ether oxygens (including phenoxy) is 1. The number of nitrogens with zero attached hydrogens (tertiary/aromatic N) is 1. The minimum atomic E-state index is -0.264. The molecule has 0 saturated carbocycles. The van der Waals surface area contributed by atoms with Crippen molar-refractivity contribution in [2.24, 2.45) is 0 Å². The van der Waals surface area contributed by atoms with Crippen molar-refractivity contribution in [3.05, 3.63) is 53.5 Å². The lowest BCUT2D eigenvalue weighted by atomic mass is 10.2. The lowest BCUT2D eigenvalue weighted by Crippen LogP contribution is -2.13. The van der Waals surface area contributed by atoms with Crippen molar-refractivity contribution in [1.29, 1.82) is 0 Å². The number of hydrogen-bond acceptors (Lipinski definition) is 4. The molecule has 0 atom stereocenters. The zero-order valence-electron chi connectivity index (χ0n) is 12.6. The van der Waals surface area contributed by atoms with Gasteiger partial charge in [-0.15, -0.1) is 0 Å². The molecular weight excluding hydrogens is 268 g/mol. The van der Waals surface area contributed by atoms with Crippen LogP contribution in [0.15, 0.2) is 40.8 Å².